The molecule has 0 saturated heterocycles. The summed E-state index contributed by atoms with van der Waals surface area (Å²) in [7, 11) is 0. The average Bonchev–Trinajstić information content (AvgIpc) is 1.85. The third kappa shape index (κ3) is 6.11. The van der Waals surface area contributed by atoms with Crippen LogP contribution in [-0.2, 0) is 0 Å². The Morgan fingerprint density at radius 3 is 2.27 bits per heavy atom. The maximum atomic E-state index is 8.75. The Kier molecular flexibility index (Phi) is 5.22. The second-order valence-corrected chi connectivity index (χ2v) is 3.78. The lowest BCUT2D eigenvalue weighted by molar-refractivity contribution is 0.329. The van der Waals surface area contributed by atoms with Crippen molar-refractivity contribution < 1.29 is 5.11 Å². The van der Waals surface area contributed by atoms with Gasteiger partial charge in [-0.3, -0.25) is 0 Å². The van der Waals surface area contributed by atoms with Gasteiger partial charge in [0.2, 0.25) is 0 Å². The first-order valence-corrected chi connectivity index (χ1v) is 4.34. The SMILES string of the molecule is CC(=CC(C)CC(C)C)CO. The number of hydrogen-bond donors (Lipinski definition) is 1. The Balaban J connectivity index is 3.75. The van der Waals surface area contributed by atoms with Crippen molar-refractivity contribution in [3.05, 3.63) is 11.6 Å². The first-order chi connectivity index (χ1) is 5.06. The van der Waals surface area contributed by atoms with Gasteiger partial charge in [-0.05, 0) is 25.2 Å². The van der Waals surface area contributed by atoms with Crippen LogP contribution in [0.4, 0.5) is 0 Å². The van der Waals surface area contributed by atoms with Gasteiger partial charge in [-0.1, -0.05) is 32.4 Å². The van der Waals surface area contributed by atoms with Crippen molar-refractivity contribution in [3.8, 4) is 0 Å². The highest BCUT2D eigenvalue weighted by molar-refractivity contribution is 5.00. The molecule has 0 heterocycles. The van der Waals surface area contributed by atoms with E-state index in [0.717, 1.165) is 11.5 Å². The fraction of sp³-hybridized carbons (Fsp3) is 0.800. The number of aliphatic hydroxyl groups excluding tert-OH is 1. The molecular formula is C10H20O. The zero-order chi connectivity index (χ0) is 8.85. The topological polar surface area (TPSA) is 20.2 Å². The number of hydrogen-bond acceptors (Lipinski definition) is 1. The summed E-state index contributed by atoms with van der Waals surface area (Å²) in [6.45, 7) is 8.80. The molecule has 1 atom stereocenters. The molecular weight excluding hydrogens is 136 g/mol. The number of aliphatic hydroxyl groups is 1. The maximum absolute atomic E-state index is 8.75. The van der Waals surface area contributed by atoms with Gasteiger partial charge in [-0.2, -0.15) is 0 Å². The van der Waals surface area contributed by atoms with Crippen LogP contribution in [0.2, 0.25) is 0 Å². The van der Waals surface area contributed by atoms with E-state index in [1.54, 1.807) is 0 Å². The Bertz CT molecular complexity index is 125. The van der Waals surface area contributed by atoms with Crippen LogP contribution in [0.15, 0.2) is 11.6 Å². The minimum atomic E-state index is 0.197. The van der Waals surface area contributed by atoms with Gasteiger partial charge < -0.3 is 5.11 Å². The molecule has 0 radical (unpaired) electrons. The van der Waals surface area contributed by atoms with Gasteiger partial charge in [0.25, 0.3) is 0 Å². The van der Waals surface area contributed by atoms with Crippen molar-refractivity contribution in [2.75, 3.05) is 6.61 Å². The van der Waals surface area contributed by atoms with Gasteiger partial charge in [0, 0.05) is 0 Å². The molecule has 0 rings (SSSR count). The average molecular weight is 156 g/mol. The van der Waals surface area contributed by atoms with E-state index in [9.17, 15) is 0 Å². The Hall–Kier alpha value is -0.300. The first kappa shape index (κ1) is 10.7. The molecule has 0 saturated carbocycles. The number of rotatable bonds is 4. The van der Waals surface area contributed by atoms with Gasteiger partial charge >= 0.3 is 0 Å². The van der Waals surface area contributed by atoms with Gasteiger partial charge in [0.15, 0.2) is 0 Å². The summed E-state index contributed by atoms with van der Waals surface area (Å²) in [5, 5.41) is 8.75. The molecule has 0 aromatic carbocycles. The largest absolute Gasteiger partial charge is 0.392 e. The Morgan fingerprint density at radius 1 is 1.36 bits per heavy atom. The van der Waals surface area contributed by atoms with Gasteiger partial charge in [-0.15, -0.1) is 0 Å². The van der Waals surface area contributed by atoms with E-state index in [4.69, 9.17) is 5.11 Å². The minimum Gasteiger partial charge on any atom is -0.392 e. The van der Waals surface area contributed by atoms with Crippen molar-refractivity contribution in [1.29, 1.82) is 0 Å². The molecule has 0 spiro atoms. The Morgan fingerprint density at radius 2 is 1.91 bits per heavy atom. The van der Waals surface area contributed by atoms with Crippen LogP contribution in [0.1, 0.15) is 34.1 Å². The first-order valence-electron chi connectivity index (χ1n) is 4.34. The van der Waals surface area contributed by atoms with E-state index < -0.39 is 0 Å². The fourth-order valence-corrected chi connectivity index (χ4v) is 1.35. The van der Waals surface area contributed by atoms with E-state index in [0.29, 0.717) is 5.92 Å². The zero-order valence-electron chi connectivity index (χ0n) is 8.09. The molecule has 1 nitrogen and oxygen atoms in total. The molecule has 0 aromatic rings. The predicted octanol–water partition coefficient (Wildman–Crippen LogP) is 2.61. The standard InChI is InChI=1S/C10H20O/c1-8(2)5-9(3)6-10(4)7-11/h6,8-9,11H,5,7H2,1-4H3. The molecule has 11 heavy (non-hydrogen) atoms. The highest BCUT2D eigenvalue weighted by Gasteiger charge is 2.01. The highest BCUT2D eigenvalue weighted by atomic mass is 16.3. The maximum Gasteiger partial charge on any atom is 0.0639 e. The van der Waals surface area contributed by atoms with Crippen molar-refractivity contribution in [3.63, 3.8) is 0 Å². The summed E-state index contributed by atoms with van der Waals surface area (Å²) in [5.41, 5.74) is 1.08. The van der Waals surface area contributed by atoms with Crippen molar-refractivity contribution in [1.82, 2.24) is 0 Å². The third-order valence-electron chi connectivity index (χ3n) is 1.66. The highest BCUT2D eigenvalue weighted by Crippen LogP contribution is 2.13. The van der Waals surface area contributed by atoms with Crippen LogP contribution in [0.3, 0.4) is 0 Å². The molecule has 1 unspecified atom stereocenters. The van der Waals surface area contributed by atoms with Crippen LogP contribution in [0, 0.1) is 11.8 Å². The summed E-state index contributed by atoms with van der Waals surface area (Å²) in [6.07, 6.45) is 3.36. The monoisotopic (exact) mass is 156 g/mol. The lowest BCUT2D eigenvalue weighted by atomic mass is 9.97. The van der Waals surface area contributed by atoms with Gasteiger partial charge in [-0.25, -0.2) is 0 Å². The molecule has 0 aliphatic heterocycles. The molecule has 66 valence electrons. The molecule has 0 bridgehead atoms. The third-order valence-corrected chi connectivity index (χ3v) is 1.66. The summed E-state index contributed by atoms with van der Waals surface area (Å²) < 4.78 is 0. The van der Waals surface area contributed by atoms with Crippen LogP contribution >= 0.6 is 0 Å². The number of allylic oxidation sites excluding steroid dienone is 1. The van der Waals surface area contributed by atoms with Crippen molar-refractivity contribution >= 4 is 0 Å². The van der Waals surface area contributed by atoms with Crippen molar-refractivity contribution in [2.24, 2.45) is 11.8 Å². The summed E-state index contributed by atoms with van der Waals surface area (Å²) in [5.74, 6) is 1.34. The molecule has 0 aromatic heterocycles. The minimum absolute atomic E-state index is 0.197. The van der Waals surface area contributed by atoms with Gasteiger partial charge in [0.1, 0.15) is 0 Å². The molecule has 0 aliphatic rings. The van der Waals surface area contributed by atoms with Crippen LogP contribution in [0.25, 0.3) is 0 Å². The molecule has 1 N–H and O–H groups in total. The zero-order valence-corrected chi connectivity index (χ0v) is 8.09. The normalized spacial score (nSPS) is 15.6. The Labute approximate surface area is 70.1 Å². The summed E-state index contributed by atoms with van der Waals surface area (Å²) in [4.78, 5) is 0. The van der Waals surface area contributed by atoms with E-state index in [2.05, 4.69) is 26.8 Å². The van der Waals surface area contributed by atoms with Crippen LogP contribution < -0.4 is 0 Å². The van der Waals surface area contributed by atoms with Crippen LogP contribution in [-0.4, -0.2) is 11.7 Å². The molecule has 1 heteroatoms. The quantitative estimate of drug-likeness (QED) is 0.620. The smallest absolute Gasteiger partial charge is 0.0639 e. The lowest BCUT2D eigenvalue weighted by Gasteiger charge is -2.09. The van der Waals surface area contributed by atoms with E-state index in [1.807, 2.05) is 6.92 Å². The molecule has 0 aliphatic carbocycles. The molecule has 0 amide bonds. The summed E-state index contributed by atoms with van der Waals surface area (Å²) in [6, 6.07) is 0. The molecule has 0 fully saturated rings. The fourth-order valence-electron chi connectivity index (χ4n) is 1.35. The van der Waals surface area contributed by atoms with E-state index >= 15 is 0 Å². The van der Waals surface area contributed by atoms with Crippen molar-refractivity contribution in [2.45, 2.75) is 34.1 Å². The second kappa shape index (κ2) is 5.36. The predicted molar refractivity (Wildman–Crippen MR) is 49.5 cm³/mol. The van der Waals surface area contributed by atoms with Crippen LogP contribution in [0.5, 0.6) is 0 Å². The summed E-state index contributed by atoms with van der Waals surface area (Å²) >= 11 is 0. The van der Waals surface area contributed by atoms with E-state index in [1.165, 1.54) is 6.42 Å². The lowest BCUT2D eigenvalue weighted by Crippen LogP contribution is -1.98. The van der Waals surface area contributed by atoms with Gasteiger partial charge in [0.05, 0.1) is 6.61 Å². The second-order valence-electron chi connectivity index (χ2n) is 3.78. The van der Waals surface area contributed by atoms with E-state index in [-0.39, 0.29) is 6.61 Å².